The number of nitrogens with zero attached hydrogens (tertiary/aromatic N) is 1. The van der Waals surface area contributed by atoms with Gasteiger partial charge in [-0.1, -0.05) is 162 Å². The minimum absolute atomic E-state index is 0.0155. The Morgan fingerprint density at radius 2 is 1.11 bits per heavy atom. The summed E-state index contributed by atoms with van der Waals surface area (Å²) in [5, 5.41) is 9.60. The molecule has 0 saturated heterocycles. The van der Waals surface area contributed by atoms with Gasteiger partial charge in [-0.3, -0.25) is 9.59 Å². The van der Waals surface area contributed by atoms with Crippen LogP contribution in [0.15, 0.2) is 109 Å². The summed E-state index contributed by atoms with van der Waals surface area (Å²) in [6, 6.07) is -0.637. The van der Waals surface area contributed by atoms with E-state index in [0.29, 0.717) is 19.3 Å². The first kappa shape index (κ1) is 52.0. The lowest BCUT2D eigenvalue weighted by molar-refractivity contribution is -0.887. The average Bonchev–Trinajstić information content (AvgIpc) is 3.15. The molecule has 0 amide bonds. The number of carbonyl (C=O) groups is 3. The molecule has 0 aliphatic carbocycles. The minimum atomic E-state index is -0.896. The van der Waals surface area contributed by atoms with E-state index in [4.69, 9.17) is 14.2 Å². The third-order valence-corrected chi connectivity index (χ3v) is 8.61. The smallest absolute Gasteiger partial charge is 0.362 e. The van der Waals surface area contributed by atoms with E-state index >= 15 is 0 Å². The van der Waals surface area contributed by atoms with Gasteiger partial charge < -0.3 is 23.8 Å². The maximum atomic E-state index is 12.7. The molecule has 0 aliphatic heterocycles. The molecule has 1 N–H and O–H groups in total. The number of likely N-dealkylation sites (N-methyl/N-ethyl adjacent to an activating group) is 1. The minimum Gasteiger partial charge on any atom is -0.477 e. The molecule has 0 heterocycles. The van der Waals surface area contributed by atoms with E-state index in [-0.39, 0.29) is 43.1 Å². The molecule has 0 aromatic heterocycles. The van der Waals surface area contributed by atoms with Gasteiger partial charge in [0.2, 0.25) is 0 Å². The van der Waals surface area contributed by atoms with Crippen LogP contribution in [0.25, 0.3) is 0 Å². The molecule has 0 spiro atoms. The Labute approximate surface area is 340 Å². The molecule has 2 atom stereocenters. The second-order valence-electron chi connectivity index (χ2n) is 14.7. The lowest BCUT2D eigenvalue weighted by atomic mass is 10.1. The van der Waals surface area contributed by atoms with Crippen LogP contribution in [0.1, 0.15) is 123 Å². The van der Waals surface area contributed by atoms with E-state index in [1.165, 1.54) is 38.5 Å². The van der Waals surface area contributed by atoms with Crippen LogP contribution in [0.3, 0.4) is 0 Å². The number of aliphatic carboxylic acids is 1. The molecule has 8 nitrogen and oxygen atoms in total. The quantitative estimate of drug-likeness (QED) is 0.0225. The number of carboxylic acid groups (broad SMARTS) is 1. The van der Waals surface area contributed by atoms with E-state index in [1.807, 2.05) is 100 Å². The summed E-state index contributed by atoms with van der Waals surface area (Å²) in [6.45, 7) is 4.43. The molecule has 0 aliphatic rings. The second kappa shape index (κ2) is 37.9. The summed E-state index contributed by atoms with van der Waals surface area (Å²) in [4.78, 5) is 36.9. The third kappa shape index (κ3) is 35.7. The first-order chi connectivity index (χ1) is 27.1. The third-order valence-electron chi connectivity index (χ3n) is 8.61. The van der Waals surface area contributed by atoms with Gasteiger partial charge in [0.1, 0.15) is 6.61 Å². The van der Waals surface area contributed by atoms with Crippen molar-refractivity contribution < 1.29 is 38.2 Å². The van der Waals surface area contributed by atoms with Crippen molar-refractivity contribution in [1.82, 2.24) is 0 Å². The maximum Gasteiger partial charge on any atom is 0.362 e. The van der Waals surface area contributed by atoms with Crippen LogP contribution in [0.5, 0.6) is 0 Å². The van der Waals surface area contributed by atoms with Crippen LogP contribution in [0, 0.1) is 0 Å². The lowest BCUT2D eigenvalue weighted by Gasteiger charge is -2.31. The first-order valence-electron chi connectivity index (χ1n) is 21.0. The number of carboxylic acids is 1. The number of ether oxygens (including phenoxy) is 3. The molecule has 314 valence electrons. The van der Waals surface area contributed by atoms with Gasteiger partial charge in [0.25, 0.3) is 0 Å². The first-order valence-corrected chi connectivity index (χ1v) is 21.0. The highest BCUT2D eigenvalue weighted by Gasteiger charge is 2.31. The number of esters is 2. The zero-order valence-electron chi connectivity index (χ0n) is 35.5. The van der Waals surface area contributed by atoms with E-state index in [0.717, 1.165) is 38.5 Å². The molecule has 56 heavy (non-hydrogen) atoms. The molecule has 0 bridgehead atoms. The Morgan fingerprint density at radius 1 is 0.571 bits per heavy atom. The van der Waals surface area contributed by atoms with Crippen LogP contribution in [-0.2, 0) is 28.6 Å². The maximum absolute atomic E-state index is 12.7. The molecule has 8 heteroatoms. The average molecular weight is 779 g/mol. The van der Waals surface area contributed by atoms with E-state index in [1.54, 1.807) is 0 Å². The van der Waals surface area contributed by atoms with E-state index in [9.17, 15) is 19.5 Å². The van der Waals surface area contributed by atoms with Crippen molar-refractivity contribution in [3.05, 3.63) is 109 Å². The molecule has 2 unspecified atom stereocenters. The Bertz CT molecular complexity index is 1280. The number of carbonyl (C=O) groups excluding carboxylic acids is 2. The zero-order chi connectivity index (χ0) is 41.4. The number of hydrogen-bond donors (Lipinski definition) is 1. The number of rotatable bonds is 35. The molecule has 0 fully saturated rings. The van der Waals surface area contributed by atoms with Crippen molar-refractivity contribution in [2.45, 2.75) is 135 Å². The van der Waals surface area contributed by atoms with Gasteiger partial charge in [0.15, 0.2) is 12.1 Å². The fourth-order valence-electron chi connectivity index (χ4n) is 5.36. The Morgan fingerprint density at radius 3 is 1.70 bits per heavy atom. The second-order valence-corrected chi connectivity index (χ2v) is 14.7. The van der Waals surface area contributed by atoms with Crippen LogP contribution < -0.4 is 0 Å². The van der Waals surface area contributed by atoms with Gasteiger partial charge in [0.05, 0.1) is 34.4 Å². The summed E-state index contributed by atoms with van der Waals surface area (Å²) >= 11 is 0. The van der Waals surface area contributed by atoms with Crippen LogP contribution >= 0.6 is 0 Å². The summed E-state index contributed by atoms with van der Waals surface area (Å²) in [5.41, 5.74) is 0. The van der Waals surface area contributed by atoms with Gasteiger partial charge >= 0.3 is 17.9 Å². The predicted molar refractivity (Wildman–Crippen MR) is 233 cm³/mol. The van der Waals surface area contributed by atoms with Crippen molar-refractivity contribution in [2.24, 2.45) is 0 Å². The van der Waals surface area contributed by atoms with Crippen molar-refractivity contribution in [1.29, 1.82) is 0 Å². The van der Waals surface area contributed by atoms with Gasteiger partial charge in [0, 0.05) is 19.3 Å². The summed E-state index contributed by atoms with van der Waals surface area (Å²) in [6.07, 6.45) is 51.4. The van der Waals surface area contributed by atoms with Gasteiger partial charge in [-0.15, -0.1) is 0 Å². The fraction of sp³-hybridized carbons (Fsp3) is 0.562. The molecule has 0 saturated carbocycles. The highest BCUT2D eigenvalue weighted by molar-refractivity contribution is 5.72. The normalized spacial score (nSPS) is 14.1. The number of hydrogen-bond acceptors (Lipinski definition) is 6. The largest absolute Gasteiger partial charge is 0.477 e. The van der Waals surface area contributed by atoms with Gasteiger partial charge in [-0.25, -0.2) is 4.79 Å². The summed E-state index contributed by atoms with van der Waals surface area (Å²) in [7, 11) is 5.47. The SMILES string of the molecule is CC/C=C/C=C/C=C/C=C/C=C/C=C/C=C/CCCCCC(=O)OCC(COCCC(C(=O)O)[N+](C)(C)C)OC(=O)CC/C=C/C/C=C/CCCCCCCC. The summed E-state index contributed by atoms with van der Waals surface area (Å²) < 4.78 is 17.1. The molecule has 0 rings (SSSR count). The molecule has 0 radical (unpaired) electrons. The monoisotopic (exact) mass is 779 g/mol. The fourth-order valence-corrected chi connectivity index (χ4v) is 5.36. The molecule has 0 aromatic carbocycles. The Kier molecular flexibility index (Phi) is 35.2. The Balaban J connectivity index is 4.57. The van der Waals surface area contributed by atoms with Crippen LogP contribution in [-0.4, -0.2) is 80.6 Å². The number of allylic oxidation sites excluding steroid dienone is 18. The summed E-state index contributed by atoms with van der Waals surface area (Å²) in [5.74, 6) is -1.63. The topological polar surface area (TPSA) is 99.1 Å². The highest BCUT2D eigenvalue weighted by Crippen LogP contribution is 2.11. The van der Waals surface area contributed by atoms with Crippen LogP contribution in [0.4, 0.5) is 0 Å². The molecule has 0 aromatic rings. The zero-order valence-corrected chi connectivity index (χ0v) is 35.5. The van der Waals surface area contributed by atoms with Gasteiger partial charge in [-0.2, -0.15) is 0 Å². The van der Waals surface area contributed by atoms with Crippen molar-refractivity contribution in [2.75, 3.05) is 41.0 Å². The predicted octanol–water partition coefficient (Wildman–Crippen LogP) is 11.3. The van der Waals surface area contributed by atoms with Crippen molar-refractivity contribution >= 4 is 17.9 Å². The Hall–Kier alpha value is -4.01. The van der Waals surface area contributed by atoms with E-state index in [2.05, 4.69) is 44.2 Å². The highest BCUT2D eigenvalue weighted by atomic mass is 16.6. The number of quaternary nitrogens is 1. The van der Waals surface area contributed by atoms with Crippen molar-refractivity contribution in [3.8, 4) is 0 Å². The molecular weight excluding hydrogens is 703 g/mol. The van der Waals surface area contributed by atoms with E-state index < -0.39 is 24.1 Å². The number of unbranched alkanes of at least 4 members (excludes halogenated alkanes) is 9. The van der Waals surface area contributed by atoms with Crippen molar-refractivity contribution in [3.63, 3.8) is 0 Å². The van der Waals surface area contributed by atoms with Crippen LogP contribution in [0.2, 0.25) is 0 Å². The molecular formula is C48H76NO7+. The standard InChI is InChI=1S/C48H75NO7/c1-6-8-10-12-14-16-18-20-21-22-23-24-25-27-28-30-32-34-36-38-46(50)55-43-44(42-54-41-40-45(48(52)53)49(3,4)5)56-47(51)39-37-35-33-31-29-26-19-17-15-13-11-9-7-2/h8,10,12,14,16,18,20-29,33,35,44-45H,6-7,9,11,13,15,17,19,30-32,34,36-43H2,1-5H3/p+1/b10-8+,14-12+,18-16+,21-20+,23-22+,25-24+,28-27+,29-26+,35-33+. The lowest BCUT2D eigenvalue weighted by Crippen LogP contribution is -2.50. The van der Waals surface area contributed by atoms with Gasteiger partial charge in [-0.05, 0) is 51.4 Å².